The molecule has 0 spiro atoms. The van der Waals surface area contributed by atoms with Gasteiger partial charge in [-0.25, -0.2) is 4.57 Å². The zero-order valence-electron chi connectivity index (χ0n) is 9.05. The van der Waals surface area contributed by atoms with Gasteiger partial charge in [-0.15, -0.1) is 4.37 Å². The highest BCUT2D eigenvalue weighted by Crippen LogP contribution is 2.26. The van der Waals surface area contributed by atoms with Crippen molar-refractivity contribution in [3.05, 3.63) is 24.5 Å². The topological polar surface area (TPSA) is 38.9 Å². The number of hydrogen-bond donors (Lipinski definition) is 0. The lowest BCUT2D eigenvalue weighted by atomic mass is 10.2. The van der Waals surface area contributed by atoms with E-state index in [-0.39, 0.29) is 24.0 Å². The Labute approximate surface area is 116 Å². The van der Waals surface area contributed by atoms with E-state index in [1.165, 1.54) is 11.7 Å². The first-order chi connectivity index (χ1) is 7.31. The van der Waals surface area contributed by atoms with Crippen LogP contribution in [-0.2, 0) is 7.05 Å². The summed E-state index contributed by atoms with van der Waals surface area (Å²) in [5.41, 5.74) is 1.84. The molecular formula is C10H12IN3OS. The first-order valence-electron chi connectivity index (χ1n) is 4.72. The van der Waals surface area contributed by atoms with E-state index >= 15 is 0 Å². The Balaban J connectivity index is 0.00000128. The number of rotatable bonds is 3. The van der Waals surface area contributed by atoms with Crippen molar-refractivity contribution in [3.8, 4) is 17.1 Å². The lowest BCUT2D eigenvalue weighted by Gasteiger charge is -1.99. The number of halogens is 1. The molecule has 0 atom stereocenters. The molecule has 0 radical (unpaired) electrons. The Morgan fingerprint density at radius 1 is 1.44 bits per heavy atom. The van der Waals surface area contributed by atoms with E-state index < -0.39 is 0 Å². The third-order valence-corrected chi connectivity index (χ3v) is 2.46. The van der Waals surface area contributed by atoms with Crippen LogP contribution in [0.15, 0.2) is 24.5 Å². The number of nitrogens with zero attached hydrogens (tertiary/aromatic N) is 3. The van der Waals surface area contributed by atoms with Gasteiger partial charge in [-0.3, -0.25) is 0 Å². The zero-order chi connectivity index (χ0) is 10.7. The molecule has 16 heavy (non-hydrogen) atoms. The largest absolute Gasteiger partial charge is 1.00 e. The fourth-order valence-corrected chi connectivity index (χ4v) is 1.84. The van der Waals surface area contributed by atoms with Crippen LogP contribution in [0.5, 0.6) is 5.88 Å². The number of aryl methyl sites for hydroxylation is 1. The molecule has 2 aromatic rings. The maximum atomic E-state index is 5.40. The van der Waals surface area contributed by atoms with E-state index in [0.717, 1.165) is 11.3 Å². The maximum Gasteiger partial charge on any atom is 0.254 e. The van der Waals surface area contributed by atoms with Crippen molar-refractivity contribution in [2.75, 3.05) is 6.61 Å². The quantitative estimate of drug-likeness (QED) is 0.497. The van der Waals surface area contributed by atoms with Crippen LogP contribution in [0, 0.1) is 0 Å². The second-order valence-electron chi connectivity index (χ2n) is 3.11. The SMILES string of the molecule is CCOc1nsnc1-c1ccc[n+](C)c1.[I-]. The molecule has 2 rings (SSSR count). The van der Waals surface area contributed by atoms with Crippen LogP contribution >= 0.6 is 11.7 Å². The summed E-state index contributed by atoms with van der Waals surface area (Å²) in [5.74, 6) is 0.619. The Kier molecular flexibility index (Phi) is 5.07. The average Bonchev–Trinajstić information content (AvgIpc) is 2.66. The second-order valence-corrected chi connectivity index (χ2v) is 3.64. The molecule has 4 nitrogen and oxygen atoms in total. The minimum atomic E-state index is 0. The highest BCUT2D eigenvalue weighted by Gasteiger charge is 2.13. The molecule has 0 unspecified atom stereocenters. The lowest BCUT2D eigenvalue weighted by Crippen LogP contribution is -3.00. The molecule has 6 heteroatoms. The van der Waals surface area contributed by atoms with Crippen LogP contribution in [-0.4, -0.2) is 15.4 Å². The van der Waals surface area contributed by atoms with Crippen molar-refractivity contribution in [2.24, 2.45) is 7.05 Å². The van der Waals surface area contributed by atoms with Crippen molar-refractivity contribution in [1.82, 2.24) is 8.75 Å². The highest BCUT2D eigenvalue weighted by molar-refractivity contribution is 6.99. The smallest absolute Gasteiger partial charge is 0.254 e. The minimum absolute atomic E-state index is 0. The molecule has 0 saturated carbocycles. The third kappa shape index (κ3) is 2.88. The highest BCUT2D eigenvalue weighted by atomic mass is 127. The van der Waals surface area contributed by atoms with Gasteiger partial charge < -0.3 is 28.7 Å². The standard InChI is InChI=1S/C10H12N3OS.HI/c1-3-14-10-9(11-15-12-10)8-5-4-6-13(2)7-8;/h4-7H,3H2,1-2H3;1H/q+1;/p-1. The third-order valence-electron chi connectivity index (χ3n) is 1.95. The van der Waals surface area contributed by atoms with Crippen LogP contribution in [0.2, 0.25) is 0 Å². The molecule has 0 amide bonds. The van der Waals surface area contributed by atoms with Crippen molar-refractivity contribution < 1.29 is 33.3 Å². The van der Waals surface area contributed by atoms with Gasteiger partial charge in [0.05, 0.1) is 23.9 Å². The van der Waals surface area contributed by atoms with E-state index in [0.29, 0.717) is 12.5 Å². The Hall–Kier alpha value is -0.760. The van der Waals surface area contributed by atoms with E-state index in [1.54, 1.807) is 0 Å². The summed E-state index contributed by atoms with van der Waals surface area (Å²) < 4.78 is 15.7. The van der Waals surface area contributed by atoms with Crippen LogP contribution in [0.3, 0.4) is 0 Å². The first-order valence-corrected chi connectivity index (χ1v) is 5.45. The van der Waals surface area contributed by atoms with Gasteiger partial charge in [0, 0.05) is 6.07 Å². The molecule has 0 fully saturated rings. The second kappa shape index (κ2) is 6.09. The van der Waals surface area contributed by atoms with E-state index in [2.05, 4.69) is 8.75 Å². The van der Waals surface area contributed by atoms with Gasteiger partial charge in [-0.1, -0.05) is 0 Å². The molecule has 2 aromatic heterocycles. The Morgan fingerprint density at radius 2 is 2.25 bits per heavy atom. The number of pyridine rings is 1. The first kappa shape index (κ1) is 13.3. The summed E-state index contributed by atoms with van der Waals surface area (Å²) in [6, 6.07) is 3.98. The molecule has 0 saturated heterocycles. The van der Waals surface area contributed by atoms with Crippen molar-refractivity contribution >= 4 is 11.7 Å². The summed E-state index contributed by atoms with van der Waals surface area (Å²) in [7, 11) is 1.98. The van der Waals surface area contributed by atoms with Crippen molar-refractivity contribution in [2.45, 2.75) is 6.92 Å². The van der Waals surface area contributed by atoms with Gasteiger partial charge in [-0.2, -0.15) is 4.37 Å². The number of aromatic nitrogens is 3. The molecule has 0 aromatic carbocycles. The average molecular weight is 349 g/mol. The minimum Gasteiger partial charge on any atom is -1.00 e. The van der Waals surface area contributed by atoms with Gasteiger partial charge in [0.15, 0.2) is 18.1 Å². The number of ether oxygens (including phenoxy) is 1. The Morgan fingerprint density at radius 3 is 2.94 bits per heavy atom. The predicted octanol–water partition coefficient (Wildman–Crippen LogP) is -1.57. The molecule has 0 bridgehead atoms. The van der Waals surface area contributed by atoms with Crippen LogP contribution in [0.4, 0.5) is 0 Å². The van der Waals surface area contributed by atoms with Gasteiger partial charge in [0.1, 0.15) is 7.05 Å². The van der Waals surface area contributed by atoms with Gasteiger partial charge >= 0.3 is 0 Å². The molecule has 2 heterocycles. The van der Waals surface area contributed by atoms with E-state index in [4.69, 9.17) is 4.74 Å². The van der Waals surface area contributed by atoms with E-state index in [9.17, 15) is 0 Å². The molecule has 86 valence electrons. The summed E-state index contributed by atoms with van der Waals surface area (Å²) in [6.45, 7) is 2.55. The summed E-state index contributed by atoms with van der Waals surface area (Å²) in [6.07, 6.45) is 3.98. The lowest BCUT2D eigenvalue weighted by molar-refractivity contribution is -0.671. The van der Waals surface area contributed by atoms with Crippen LogP contribution in [0.25, 0.3) is 11.3 Å². The predicted molar refractivity (Wildman–Crippen MR) is 57.7 cm³/mol. The van der Waals surface area contributed by atoms with Crippen molar-refractivity contribution in [1.29, 1.82) is 0 Å². The molecule has 0 N–H and O–H groups in total. The molecule has 0 aliphatic rings. The van der Waals surface area contributed by atoms with E-state index in [1.807, 2.05) is 43.1 Å². The molecular weight excluding hydrogens is 337 g/mol. The zero-order valence-corrected chi connectivity index (χ0v) is 12.0. The maximum absolute atomic E-state index is 5.40. The summed E-state index contributed by atoms with van der Waals surface area (Å²) >= 11 is 1.17. The van der Waals surface area contributed by atoms with Gasteiger partial charge in [0.2, 0.25) is 0 Å². The number of hydrogen-bond acceptors (Lipinski definition) is 4. The van der Waals surface area contributed by atoms with Crippen LogP contribution in [0.1, 0.15) is 6.92 Å². The summed E-state index contributed by atoms with van der Waals surface area (Å²) in [5, 5.41) is 0. The van der Waals surface area contributed by atoms with Gasteiger partial charge in [-0.05, 0) is 13.0 Å². The molecule has 0 aliphatic heterocycles. The fourth-order valence-electron chi connectivity index (χ4n) is 1.32. The normalized spacial score (nSPS) is 9.62. The van der Waals surface area contributed by atoms with Gasteiger partial charge in [0.25, 0.3) is 5.88 Å². The molecule has 0 aliphatic carbocycles. The van der Waals surface area contributed by atoms with Crippen LogP contribution < -0.4 is 33.3 Å². The Bertz CT molecular complexity index is 461. The van der Waals surface area contributed by atoms with Crippen molar-refractivity contribution in [3.63, 3.8) is 0 Å². The summed E-state index contributed by atoms with van der Waals surface area (Å²) in [4.78, 5) is 0. The monoisotopic (exact) mass is 349 g/mol. The fraction of sp³-hybridized carbons (Fsp3) is 0.300.